The van der Waals surface area contributed by atoms with Crippen LogP contribution in [0.5, 0.6) is 5.75 Å². The predicted octanol–water partition coefficient (Wildman–Crippen LogP) is 1.55. The van der Waals surface area contributed by atoms with Crippen LogP contribution in [-0.2, 0) is 4.74 Å². The Bertz CT molecular complexity index is 357. The quantitative estimate of drug-likeness (QED) is 0.814. The van der Waals surface area contributed by atoms with Crippen LogP contribution in [0.2, 0.25) is 0 Å². The third-order valence-electron chi connectivity index (χ3n) is 2.09. The Hall–Kier alpha value is -1.55. The van der Waals surface area contributed by atoms with Crippen LogP contribution in [0.25, 0.3) is 0 Å². The van der Waals surface area contributed by atoms with E-state index in [2.05, 4.69) is 5.32 Å². The van der Waals surface area contributed by atoms with E-state index in [1.165, 1.54) is 12.1 Å². The molecule has 0 bridgehead atoms. The molecule has 0 aliphatic rings. The first-order valence-corrected chi connectivity index (χ1v) is 5.05. The van der Waals surface area contributed by atoms with E-state index in [0.29, 0.717) is 12.2 Å². The zero-order chi connectivity index (χ0) is 12.2. The molecule has 88 valence electrons. The summed E-state index contributed by atoms with van der Waals surface area (Å²) >= 11 is 0. The third kappa shape index (κ3) is 3.55. The van der Waals surface area contributed by atoms with Gasteiger partial charge in [-0.3, -0.25) is 4.79 Å². The Balaban J connectivity index is 2.69. The van der Waals surface area contributed by atoms with E-state index >= 15 is 0 Å². The Morgan fingerprint density at radius 2 is 1.94 bits per heavy atom. The molecule has 1 aromatic carbocycles. The van der Waals surface area contributed by atoms with Crippen LogP contribution in [0, 0.1) is 0 Å². The van der Waals surface area contributed by atoms with Gasteiger partial charge in [-0.15, -0.1) is 0 Å². The van der Waals surface area contributed by atoms with Gasteiger partial charge in [0.25, 0.3) is 5.91 Å². The van der Waals surface area contributed by atoms with Crippen molar-refractivity contribution in [3.05, 3.63) is 29.8 Å². The fourth-order valence-electron chi connectivity index (χ4n) is 1.39. The van der Waals surface area contributed by atoms with E-state index in [-0.39, 0.29) is 11.7 Å². The van der Waals surface area contributed by atoms with Gasteiger partial charge in [0, 0.05) is 12.7 Å². The zero-order valence-corrected chi connectivity index (χ0v) is 9.78. The van der Waals surface area contributed by atoms with Gasteiger partial charge in [0.15, 0.2) is 0 Å². The van der Waals surface area contributed by atoms with Gasteiger partial charge in [-0.05, 0) is 38.1 Å². The molecule has 0 spiro atoms. The maximum atomic E-state index is 11.8. The molecule has 1 aromatic rings. The van der Waals surface area contributed by atoms with Crippen LogP contribution in [-0.4, -0.2) is 30.3 Å². The molecule has 4 nitrogen and oxygen atoms in total. The average molecular weight is 223 g/mol. The minimum atomic E-state index is -0.413. The van der Waals surface area contributed by atoms with Crippen LogP contribution >= 0.6 is 0 Å². The van der Waals surface area contributed by atoms with E-state index in [4.69, 9.17) is 9.84 Å². The topological polar surface area (TPSA) is 58.6 Å². The van der Waals surface area contributed by atoms with Crippen LogP contribution < -0.4 is 5.32 Å². The largest absolute Gasteiger partial charge is 0.508 e. The molecule has 0 saturated heterocycles. The number of carbonyl (C=O) groups is 1. The number of methoxy groups -OCH3 is 1. The third-order valence-corrected chi connectivity index (χ3v) is 2.09. The van der Waals surface area contributed by atoms with Crippen molar-refractivity contribution in [1.82, 2.24) is 5.32 Å². The number of benzene rings is 1. The lowest BCUT2D eigenvalue weighted by Crippen LogP contribution is -2.46. The lowest BCUT2D eigenvalue weighted by molar-refractivity contribution is 0.0820. The summed E-state index contributed by atoms with van der Waals surface area (Å²) in [6.07, 6.45) is 0. The Labute approximate surface area is 95.2 Å². The molecule has 0 aliphatic heterocycles. The number of rotatable bonds is 4. The summed E-state index contributed by atoms with van der Waals surface area (Å²) in [6, 6.07) is 6.12. The molecular formula is C12H17NO3. The van der Waals surface area contributed by atoms with Crippen LogP contribution in [0.15, 0.2) is 24.3 Å². The number of phenols is 1. The molecule has 1 rings (SSSR count). The first-order chi connectivity index (χ1) is 7.44. The van der Waals surface area contributed by atoms with Gasteiger partial charge < -0.3 is 15.2 Å². The number of amides is 1. The lowest BCUT2D eigenvalue weighted by Gasteiger charge is -2.25. The van der Waals surface area contributed by atoms with Gasteiger partial charge in [-0.2, -0.15) is 0 Å². The molecular weight excluding hydrogens is 206 g/mol. The van der Waals surface area contributed by atoms with Gasteiger partial charge in [0.05, 0.1) is 12.1 Å². The second-order valence-electron chi connectivity index (χ2n) is 4.32. The van der Waals surface area contributed by atoms with Crippen molar-refractivity contribution >= 4 is 5.91 Å². The fourth-order valence-corrected chi connectivity index (χ4v) is 1.39. The highest BCUT2D eigenvalue weighted by atomic mass is 16.5. The predicted molar refractivity (Wildman–Crippen MR) is 61.5 cm³/mol. The van der Waals surface area contributed by atoms with Gasteiger partial charge in [-0.1, -0.05) is 0 Å². The number of aromatic hydroxyl groups is 1. The molecule has 0 aliphatic carbocycles. The highest BCUT2D eigenvalue weighted by molar-refractivity contribution is 5.94. The monoisotopic (exact) mass is 223 g/mol. The van der Waals surface area contributed by atoms with E-state index < -0.39 is 5.54 Å². The molecule has 0 saturated carbocycles. The zero-order valence-electron chi connectivity index (χ0n) is 9.78. The first-order valence-electron chi connectivity index (χ1n) is 5.05. The van der Waals surface area contributed by atoms with Gasteiger partial charge in [0.1, 0.15) is 5.75 Å². The minimum Gasteiger partial charge on any atom is -0.508 e. The summed E-state index contributed by atoms with van der Waals surface area (Å²) in [5, 5.41) is 12.0. The lowest BCUT2D eigenvalue weighted by atomic mass is 10.1. The summed E-state index contributed by atoms with van der Waals surface area (Å²) in [6.45, 7) is 4.21. The molecule has 1 amide bonds. The molecule has 2 N–H and O–H groups in total. The molecule has 4 heteroatoms. The van der Waals surface area contributed by atoms with Crippen molar-refractivity contribution in [2.75, 3.05) is 13.7 Å². The van der Waals surface area contributed by atoms with Gasteiger partial charge in [-0.25, -0.2) is 0 Å². The minimum absolute atomic E-state index is 0.146. The Kier molecular flexibility index (Phi) is 3.90. The summed E-state index contributed by atoms with van der Waals surface area (Å²) in [4.78, 5) is 11.8. The maximum Gasteiger partial charge on any atom is 0.251 e. The number of hydrogen-bond acceptors (Lipinski definition) is 3. The van der Waals surface area contributed by atoms with Crippen molar-refractivity contribution in [2.24, 2.45) is 0 Å². The number of carbonyl (C=O) groups excluding carboxylic acids is 1. The second-order valence-corrected chi connectivity index (χ2v) is 4.32. The fraction of sp³-hybridized carbons (Fsp3) is 0.417. The van der Waals surface area contributed by atoms with E-state index in [9.17, 15) is 4.79 Å². The number of ether oxygens (including phenoxy) is 1. The highest BCUT2D eigenvalue weighted by Gasteiger charge is 2.20. The van der Waals surface area contributed by atoms with Gasteiger partial charge in [0.2, 0.25) is 0 Å². The summed E-state index contributed by atoms with van der Waals surface area (Å²) in [5.74, 6) is -0.0326. The average Bonchev–Trinajstić information content (AvgIpc) is 2.17. The Morgan fingerprint density at radius 1 is 1.38 bits per heavy atom. The normalized spacial score (nSPS) is 11.2. The van der Waals surface area contributed by atoms with Gasteiger partial charge >= 0.3 is 0 Å². The number of hydrogen-bond donors (Lipinski definition) is 2. The molecule has 16 heavy (non-hydrogen) atoms. The second kappa shape index (κ2) is 4.99. The standard InChI is InChI=1S/C12H17NO3/c1-12(2,8-16-3)13-11(15)9-4-6-10(14)7-5-9/h4-7,14H,8H2,1-3H3,(H,13,15). The summed E-state index contributed by atoms with van der Waals surface area (Å²) in [5.41, 5.74) is 0.103. The summed E-state index contributed by atoms with van der Waals surface area (Å²) < 4.78 is 5.01. The molecule has 0 atom stereocenters. The van der Waals surface area contributed by atoms with Crippen LogP contribution in [0.4, 0.5) is 0 Å². The van der Waals surface area contributed by atoms with Crippen molar-refractivity contribution < 1.29 is 14.6 Å². The van der Waals surface area contributed by atoms with Crippen molar-refractivity contribution in [3.8, 4) is 5.75 Å². The number of phenolic OH excluding ortho intramolecular Hbond substituents is 1. The first kappa shape index (κ1) is 12.5. The molecule has 0 heterocycles. The SMILES string of the molecule is COCC(C)(C)NC(=O)c1ccc(O)cc1. The van der Waals surface area contributed by atoms with Crippen molar-refractivity contribution in [1.29, 1.82) is 0 Å². The van der Waals surface area contributed by atoms with Crippen molar-refractivity contribution in [2.45, 2.75) is 19.4 Å². The highest BCUT2D eigenvalue weighted by Crippen LogP contribution is 2.11. The summed E-state index contributed by atoms with van der Waals surface area (Å²) in [7, 11) is 1.59. The number of nitrogens with one attached hydrogen (secondary N) is 1. The molecule has 0 radical (unpaired) electrons. The van der Waals surface area contributed by atoms with E-state index in [0.717, 1.165) is 0 Å². The van der Waals surface area contributed by atoms with E-state index in [1.54, 1.807) is 19.2 Å². The molecule has 0 aromatic heterocycles. The maximum absolute atomic E-state index is 11.8. The molecule has 0 unspecified atom stereocenters. The smallest absolute Gasteiger partial charge is 0.251 e. The Morgan fingerprint density at radius 3 is 2.44 bits per heavy atom. The molecule has 0 fully saturated rings. The van der Waals surface area contributed by atoms with Crippen LogP contribution in [0.3, 0.4) is 0 Å². The van der Waals surface area contributed by atoms with E-state index in [1.807, 2.05) is 13.8 Å². The van der Waals surface area contributed by atoms with Crippen molar-refractivity contribution in [3.63, 3.8) is 0 Å². The van der Waals surface area contributed by atoms with Crippen LogP contribution in [0.1, 0.15) is 24.2 Å².